The van der Waals surface area contributed by atoms with Gasteiger partial charge in [0, 0.05) is 57.6 Å². The Bertz CT molecular complexity index is 909. The maximum Gasteiger partial charge on any atom is 0.251 e. The Morgan fingerprint density at radius 3 is 2.97 bits per heavy atom. The van der Waals surface area contributed by atoms with Crippen LogP contribution in [0.25, 0.3) is 0 Å². The molecular formula is C24H33N5O3. The molecule has 8 heteroatoms. The standard InChI is InChI=1S/C24H33N5O3/c1-28-10-11-32-22(17-28)14-26-23-12-19(6-8-25-23)24(31)27-13-21(30)16-29-9-7-18-4-2-3-5-20(18)15-29/h2-6,8,12,21-22,30H,7,9-11,13-17H2,1H3,(H,25,26)(H,27,31). The second-order valence-electron chi connectivity index (χ2n) is 8.68. The van der Waals surface area contributed by atoms with Crippen molar-refractivity contribution in [3.8, 4) is 0 Å². The summed E-state index contributed by atoms with van der Waals surface area (Å²) in [6.45, 7) is 5.68. The third-order valence-corrected chi connectivity index (χ3v) is 6.05. The number of nitrogens with one attached hydrogen (secondary N) is 2. The number of ether oxygens (including phenoxy) is 1. The van der Waals surface area contributed by atoms with Crippen molar-refractivity contribution in [2.45, 2.75) is 25.2 Å². The number of nitrogens with zero attached hydrogens (tertiary/aromatic N) is 3. The van der Waals surface area contributed by atoms with Crippen molar-refractivity contribution < 1.29 is 14.6 Å². The van der Waals surface area contributed by atoms with Crippen LogP contribution in [0.5, 0.6) is 0 Å². The Morgan fingerprint density at radius 2 is 2.12 bits per heavy atom. The Labute approximate surface area is 189 Å². The molecule has 0 spiro atoms. The molecule has 0 saturated carbocycles. The Balaban J connectivity index is 1.22. The van der Waals surface area contributed by atoms with Gasteiger partial charge in [-0.25, -0.2) is 4.98 Å². The van der Waals surface area contributed by atoms with Crippen LogP contribution in [-0.4, -0.2) is 90.9 Å². The van der Waals surface area contributed by atoms with Crippen LogP contribution in [0.3, 0.4) is 0 Å². The molecule has 32 heavy (non-hydrogen) atoms. The molecule has 2 aliphatic rings. The number of aliphatic hydroxyl groups is 1. The lowest BCUT2D eigenvalue weighted by Crippen LogP contribution is -2.43. The van der Waals surface area contributed by atoms with Crippen LogP contribution in [0, 0.1) is 0 Å². The van der Waals surface area contributed by atoms with Crippen molar-refractivity contribution in [1.82, 2.24) is 20.1 Å². The van der Waals surface area contributed by atoms with Crippen LogP contribution < -0.4 is 10.6 Å². The minimum atomic E-state index is -0.621. The van der Waals surface area contributed by atoms with E-state index < -0.39 is 6.10 Å². The number of carbonyl (C=O) groups is 1. The summed E-state index contributed by atoms with van der Waals surface area (Å²) in [5, 5.41) is 16.6. The Hall–Kier alpha value is -2.52. The van der Waals surface area contributed by atoms with Gasteiger partial charge in [0.25, 0.3) is 5.91 Å². The van der Waals surface area contributed by atoms with Crippen LogP contribution >= 0.6 is 0 Å². The lowest BCUT2D eigenvalue weighted by Gasteiger charge is -2.30. The number of hydrogen-bond acceptors (Lipinski definition) is 7. The lowest BCUT2D eigenvalue weighted by molar-refractivity contribution is -0.0117. The van der Waals surface area contributed by atoms with Crippen LogP contribution in [0.4, 0.5) is 5.82 Å². The summed E-state index contributed by atoms with van der Waals surface area (Å²) < 4.78 is 5.75. The van der Waals surface area contributed by atoms with Crippen LogP contribution in [-0.2, 0) is 17.7 Å². The molecule has 2 aliphatic heterocycles. The number of fused-ring (bicyclic) bond motifs is 1. The zero-order valence-corrected chi connectivity index (χ0v) is 18.7. The molecular weight excluding hydrogens is 406 g/mol. The number of anilines is 1. The molecule has 1 saturated heterocycles. The van der Waals surface area contributed by atoms with E-state index in [4.69, 9.17) is 4.74 Å². The van der Waals surface area contributed by atoms with Gasteiger partial charge in [-0.15, -0.1) is 0 Å². The maximum atomic E-state index is 12.6. The number of aromatic nitrogens is 1. The predicted molar refractivity (Wildman–Crippen MR) is 124 cm³/mol. The molecule has 1 aromatic heterocycles. The summed E-state index contributed by atoms with van der Waals surface area (Å²) in [5.74, 6) is 0.425. The molecule has 3 N–H and O–H groups in total. The molecule has 0 radical (unpaired) electrons. The number of aliphatic hydroxyl groups excluding tert-OH is 1. The third-order valence-electron chi connectivity index (χ3n) is 6.05. The monoisotopic (exact) mass is 439 g/mol. The van der Waals surface area contributed by atoms with Crippen LogP contribution in [0.15, 0.2) is 42.6 Å². The first kappa shape index (κ1) is 22.7. The van der Waals surface area contributed by atoms with Gasteiger partial charge < -0.3 is 25.4 Å². The SMILES string of the molecule is CN1CCOC(CNc2cc(C(=O)NCC(O)CN3CCc4ccccc4C3)ccn2)C1. The highest BCUT2D eigenvalue weighted by molar-refractivity contribution is 5.94. The highest BCUT2D eigenvalue weighted by Crippen LogP contribution is 2.18. The fourth-order valence-electron chi connectivity index (χ4n) is 4.26. The van der Waals surface area contributed by atoms with Gasteiger partial charge in [0.05, 0.1) is 18.8 Å². The normalized spacial score (nSPS) is 20.4. The second kappa shape index (κ2) is 10.9. The van der Waals surface area contributed by atoms with E-state index in [1.165, 1.54) is 11.1 Å². The van der Waals surface area contributed by atoms with Gasteiger partial charge in [-0.2, -0.15) is 0 Å². The highest BCUT2D eigenvalue weighted by atomic mass is 16.5. The smallest absolute Gasteiger partial charge is 0.251 e. The van der Waals surface area contributed by atoms with Gasteiger partial charge in [0.15, 0.2) is 0 Å². The van der Waals surface area contributed by atoms with Crippen molar-refractivity contribution in [1.29, 1.82) is 0 Å². The highest BCUT2D eigenvalue weighted by Gasteiger charge is 2.20. The number of rotatable bonds is 8. The Morgan fingerprint density at radius 1 is 1.28 bits per heavy atom. The first-order valence-corrected chi connectivity index (χ1v) is 11.3. The molecule has 0 bridgehead atoms. The van der Waals surface area contributed by atoms with Crippen molar-refractivity contribution in [3.63, 3.8) is 0 Å². The lowest BCUT2D eigenvalue weighted by atomic mass is 10.00. The molecule has 172 valence electrons. The number of benzene rings is 1. The van der Waals surface area contributed by atoms with Crippen molar-refractivity contribution in [2.24, 2.45) is 0 Å². The van der Waals surface area contributed by atoms with Gasteiger partial charge in [-0.1, -0.05) is 24.3 Å². The molecule has 3 heterocycles. The average molecular weight is 440 g/mol. The number of carbonyl (C=O) groups excluding carboxylic acids is 1. The van der Waals surface area contributed by atoms with E-state index in [1.54, 1.807) is 18.3 Å². The molecule has 2 aromatic rings. The van der Waals surface area contributed by atoms with E-state index in [-0.39, 0.29) is 18.6 Å². The number of hydrogen-bond donors (Lipinski definition) is 3. The second-order valence-corrected chi connectivity index (χ2v) is 8.68. The van der Waals surface area contributed by atoms with E-state index in [1.807, 2.05) is 0 Å². The van der Waals surface area contributed by atoms with E-state index in [9.17, 15) is 9.90 Å². The number of morpholine rings is 1. The summed E-state index contributed by atoms with van der Waals surface area (Å²) in [6, 6.07) is 11.8. The zero-order chi connectivity index (χ0) is 22.3. The van der Waals surface area contributed by atoms with Crippen molar-refractivity contribution >= 4 is 11.7 Å². The third kappa shape index (κ3) is 6.26. The fourth-order valence-corrected chi connectivity index (χ4v) is 4.26. The van der Waals surface area contributed by atoms with Gasteiger partial charge in [-0.3, -0.25) is 9.69 Å². The van der Waals surface area contributed by atoms with Crippen LogP contribution in [0.2, 0.25) is 0 Å². The molecule has 0 aliphatic carbocycles. The summed E-state index contributed by atoms with van der Waals surface area (Å²) in [4.78, 5) is 21.4. The van der Waals surface area contributed by atoms with E-state index in [0.29, 0.717) is 24.5 Å². The minimum absolute atomic E-state index is 0.102. The average Bonchev–Trinajstić information content (AvgIpc) is 2.81. The quantitative estimate of drug-likeness (QED) is 0.565. The number of amides is 1. The minimum Gasteiger partial charge on any atom is -0.390 e. The topological polar surface area (TPSA) is 90.0 Å². The fraction of sp³-hybridized carbons (Fsp3) is 0.500. The first-order chi connectivity index (χ1) is 15.6. The van der Waals surface area contributed by atoms with Gasteiger partial charge in [-0.05, 0) is 36.7 Å². The van der Waals surface area contributed by atoms with E-state index in [0.717, 1.165) is 39.2 Å². The van der Waals surface area contributed by atoms with Gasteiger partial charge in [0.2, 0.25) is 0 Å². The summed E-state index contributed by atoms with van der Waals surface area (Å²) in [5.41, 5.74) is 3.22. The van der Waals surface area contributed by atoms with E-state index in [2.05, 4.69) is 56.7 Å². The van der Waals surface area contributed by atoms with Crippen molar-refractivity contribution in [2.75, 3.05) is 58.2 Å². The number of β-amino-alcohol motifs (C(OH)–C–C–N with tert-alkyl or cyclic N) is 1. The number of pyridine rings is 1. The first-order valence-electron chi connectivity index (χ1n) is 11.3. The molecule has 2 unspecified atom stereocenters. The maximum absolute atomic E-state index is 12.6. The Kier molecular flexibility index (Phi) is 7.70. The van der Waals surface area contributed by atoms with Gasteiger partial charge >= 0.3 is 0 Å². The van der Waals surface area contributed by atoms with Crippen molar-refractivity contribution in [3.05, 3.63) is 59.3 Å². The molecule has 4 rings (SSSR count). The molecule has 8 nitrogen and oxygen atoms in total. The number of likely N-dealkylation sites (N-methyl/N-ethyl adjacent to an activating group) is 1. The van der Waals surface area contributed by atoms with E-state index >= 15 is 0 Å². The summed E-state index contributed by atoms with van der Waals surface area (Å²) in [6.07, 6.45) is 2.09. The molecule has 2 atom stereocenters. The zero-order valence-electron chi connectivity index (χ0n) is 18.7. The molecule has 1 aromatic carbocycles. The molecule has 1 fully saturated rings. The largest absolute Gasteiger partial charge is 0.390 e. The predicted octanol–water partition coefficient (Wildman–Crippen LogP) is 0.973. The van der Waals surface area contributed by atoms with Crippen LogP contribution in [0.1, 0.15) is 21.5 Å². The summed E-state index contributed by atoms with van der Waals surface area (Å²) >= 11 is 0. The molecule has 1 amide bonds. The van der Waals surface area contributed by atoms with Gasteiger partial charge in [0.1, 0.15) is 5.82 Å². The summed E-state index contributed by atoms with van der Waals surface area (Å²) in [7, 11) is 2.08.